The summed E-state index contributed by atoms with van der Waals surface area (Å²) in [6, 6.07) is 0. The molecule has 1 aliphatic rings. The van der Waals surface area contributed by atoms with Gasteiger partial charge in [0, 0.05) is 26.8 Å². The maximum Gasteiger partial charge on any atom is 0.222 e. The summed E-state index contributed by atoms with van der Waals surface area (Å²) in [6.45, 7) is 6.84. The van der Waals surface area contributed by atoms with Crippen molar-refractivity contribution in [2.45, 2.75) is 26.7 Å². The van der Waals surface area contributed by atoms with E-state index in [1.165, 1.54) is 0 Å². The van der Waals surface area contributed by atoms with Gasteiger partial charge in [-0.05, 0) is 31.6 Å². The summed E-state index contributed by atoms with van der Waals surface area (Å²) >= 11 is 6.30. The number of methoxy groups -OCH3 is 1. The zero-order valence-corrected chi connectivity index (χ0v) is 13.2. The quantitative estimate of drug-likeness (QED) is 0.925. The van der Waals surface area contributed by atoms with Gasteiger partial charge in [-0.1, -0.05) is 18.5 Å². The number of nitrogens with two attached hydrogens (primary N) is 1. The number of nitrogens with zero attached hydrogens (tertiary/aromatic N) is 3. The second-order valence-electron chi connectivity index (χ2n) is 5.56. The zero-order valence-electron chi connectivity index (χ0n) is 12.4. The van der Waals surface area contributed by atoms with Crippen LogP contribution in [-0.2, 0) is 4.74 Å². The fraction of sp³-hybridized carbons (Fsp3) is 0.714. The molecule has 1 saturated heterocycles. The van der Waals surface area contributed by atoms with Crippen LogP contribution in [0, 0.1) is 18.8 Å². The number of halogens is 1. The van der Waals surface area contributed by atoms with Crippen molar-refractivity contribution < 1.29 is 4.74 Å². The number of hydrogen-bond donors (Lipinski definition) is 1. The smallest absolute Gasteiger partial charge is 0.222 e. The molecule has 1 fully saturated rings. The van der Waals surface area contributed by atoms with Gasteiger partial charge in [0.2, 0.25) is 5.95 Å². The van der Waals surface area contributed by atoms with Crippen molar-refractivity contribution in [3.63, 3.8) is 0 Å². The lowest BCUT2D eigenvalue weighted by atomic mass is 9.86. The van der Waals surface area contributed by atoms with Gasteiger partial charge in [-0.25, -0.2) is 4.98 Å². The highest BCUT2D eigenvalue weighted by Gasteiger charge is 2.26. The third kappa shape index (κ3) is 3.33. The molecule has 20 heavy (non-hydrogen) atoms. The first-order chi connectivity index (χ1) is 9.52. The third-order valence-electron chi connectivity index (χ3n) is 4.09. The predicted molar refractivity (Wildman–Crippen MR) is 82.2 cm³/mol. The van der Waals surface area contributed by atoms with Crippen LogP contribution in [0.2, 0.25) is 5.02 Å². The van der Waals surface area contributed by atoms with E-state index in [-0.39, 0.29) is 5.95 Å². The lowest BCUT2D eigenvalue weighted by Gasteiger charge is -2.35. The highest BCUT2D eigenvalue weighted by atomic mass is 35.5. The Morgan fingerprint density at radius 2 is 2.05 bits per heavy atom. The molecule has 1 unspecified atom stereocenters. The molecule has 5 nitrogen and oxygen atoms in total. The number of ether oxygens (including phenoxy) is 1. The van der Waals surface area contributed by atoms with E-state index in [4.69, 9.17) is 22.1 Å². The van der Waals surface area contributed by atoms with Crippen molar-refractivity contribution in [1.82, 2.24) is 9.97 Å². The van der Waals surface area contributed by atoms with Crippen LogP contribution in [0.15, 0.2) is 0 Å². The highest BCUT2D eigenvalue weighted by Crippen LogP contribution is 2.32. The first kappa shape index (κ1) is 15.3. The molecule has 1 aromatic rings. The van der Waals surface area contributed by atoms with Crippen LogP contribution < -0.4 is 10.6 Å². The summed E-state index contributed by atoms with van der Waals surface area (Å²) in [5.74, 6) is 2.35. The van der Waals surface area contributed by atoms with Crippen molar-refractivity contribution in [2.75, 3.05) is 37.4 Å². The Labute approximate surface area is 125 Å². The standard InChI is InChI=1S/C14H23ClN4O/c1-9(8-20-3)11-4-6-19(7-5-11)13-12(15)10(2)17-14(16)18-13/h9,11H,4-8H2,1-3H3,(H2,16,17,18). The van der Waals surface area contributed by atoms with E-state index < -0.39 is 0 Å². The molecule has 1 atom stereocenters. The molecule has 0 spiro atoms. The summed E-state index contributed by atoms with van der Waals surface area (Å²) in [5, 5.41) is 0.614. The van der Waals surface area contributed by atoms with Gasteiger partial charge in [0.05, 0.1) is 5.69 Å². The Morgan fingerprint density at radius 3 is 2.65 bits per heavy atom. The average Bonchev–Trinajstić information content (AvgIpc) is 2.43. The summed E-state index contributed by atoms with van der Waals surface area (Å²) in [5.41, 5.74) is 6.47. The van der Waals surface area contributed by atoms with E-state index in [9.17, 15) is 0 Å². The number of nitrogen functional groups attached to an aromatic ring is 1. The minimum atomic E-state index is 0.289. The van der Waals surface area contributed by atoms with Crippen molar-refractivity contribution >= 4 is 23.4 Å². The van der Waals surface area contributed by atoms with Crippen molar-refractivity contribution in [3.05, 3.63) is 10.7 Å². The molecular formula is C14H23ClN4O. The topological polar surface area (TPSA) is 64.3 Å². The lowest BCUT2D eigenvalue weighted by molar-refractivity contribution is 0.120. The summed E-state index contributed by atoms with van der Waals surface area (Å²) in [4.78, 5) is 10.6. The molecule has 1 aromatic heterocycles. The summed E-state index contributed by atoms with van der Waals surface area (Å²) < 4.78 is 5.25. The minimum Gasteiger partial charge on any atom is -0.384 e. The van der Waals surface area contributed by atoms with Gasteiger partial charge >= 0.3 is 0 Å². The molecule has 2 heterocycles. The molecule has 112 valence electrons. The number of hydrogen-bond acceptors (Lipinski definition) is 5. The van der Waals surface area contributed by atoms with Crippen LogP contribution in [0.5, 0.6) is 0 Å². The van der Waals surface area contributed by atoms with Crippen LogP contribution in [0.1, 0.15) is 25.5 Å². The van der Waals surface area contributed by atoms with Crippen LogP contribution in [0.4, 0.5) is 11.8 Å². The van der Waals surface area contributed by atoms with Crippen LogP contribution in [0.3, 0.4) is 0 Å². The van der Waals surface area contributed by atoms with Gasteiger partial charge in [-0.15, -0.1) is 0 Å². The van der Waals surface area contributed by atoms with E-state index in [2.05, 4.69) is 21.8 Å². The number of piperidine rings is 1. The van der Waals surface area contributed by atoms with E-state index in [0.29, 0.717) is 16.9 Å². The second kappa shape index (κ2) is 6.59. The average molecular weight is 299 g/mol. The maximum atomic E-state index is 6.30. The molecule has 0 bridgehead atoms. The molecule has 2 N–H and O–H groups in total. The SMILES string of the molecule is COCC(C)C1CCN(c2nc(N)nc(C)c2Cl)CC1. The van der Waals surface area contributed by atoms with Crippen LogP contribution in [0.25, 0.3) is 0 Å². The number of aryl methyl sites for hydroxylation is 1. The Hall–Kier alpha value is -1.07. The van der Waals surface area contributed by atoms with E-state index in [1.54, 1.807) is 7.11 Å². The fourth-order valence-electron chi connectivity index (χ4n) is 2.85. The number of rotatable bonds is 4. The first-order valence-electron chi connectivity index (χ1n) is 7.06. The maximum absolute atomic E-state index is 6.30. The molecule has 0 saturated carbocycles. The molecule has 0 radical (unpaired) electrons. The Morgan fingerprint density at radius 1 is 1.40 bits per heavy atom. The van der Waals surface area contributed by atoms with Gasteiger partial charge in [0.15, 0.2) is 5.82 Å². The van der Waals surface area contributed by atoms with E-state index >= 15 is 0 Å². The number of anilines is 2. The Kier molecular flexibility index (Phi) is 5.05. The predicted octanol–water partition coefficient (Wildman–Crippen LogP) is 2.52. The monoisotopic (exact) mass is 298 g/mol. The Balaban J connectivity index is 2.04. The normalized spacial score (nSPS) is 18.3. The fourth-order valence-corrected chi connectivity index (χ4v) is 3.06. The second-order valence-corrected chi connectivity index (χ2v) is 5.94. The van der Waals surface area contributed by atoms with E-state index in [1.807, 2.05) is 6.92 Å². The molecule has 0 aliphatic carbocycles. The molecule has 0 aromatic carbocycles. The van der Waals surface area contributed by atoms with Gasteiger partial charge in [-0.3, -0.25) is 0 Å². The highest BCUT2D eigenvalue weighted by molar-refractivity contribution is 6.33. The number of aromatic nitrogens is 2. The molecule has 6 heteroatoms. The third-order valence-corrected chi connectivity index (χ3v) is 4.53. The molecule has 0 amide bonds. The molecule has 2 rings (SSSR count). The van der Waals surface area contributed by atoms with Crippen molar-refractivity contribution in [2.24, 2.45) is 11.8 Å². The van der Waals surface area contributed by atoms with Gasteiger partial charge in [0.25, 0.3) is 0 Å². The zero-order chi connectivity index (χ0) is 14.7. The summed E-state index contributed by atoms with van der Waals surface area (Å²) in [6.07, 6.45) is 2.26. The van der Waals surface area contributed by atoms with Crippen LogP contribution >= 0.6 is 11.6 Å². The Bertz CT molecular complexity index is 461. The van der Waals surface area contributed by atoms with E-state index in [0.717, 1.165) is 44.0 Å². The molecular weight excluding hydrogens is 276 g/mol. The van der Waals surface area contributed by atoms with Crippen LogP contribution in [-0.4, -0.2) is 36.8 Å². The largest absolute Gasteiger partial charge is 0.384 e. The minimum absolute atomic E-state index is 0.289. The first-order valence-corrected chi connectivity index (χ1v) is 7.44. The van der Waals surface area contributed by atoms with Gasteiger partial charge in [-0.2, -0.15) is 4.98 Å². The van der Waals surface area contributed by atoms with Crippen molar-refractivity contribution in [1.29, 1.82) is 0 Å². The van der Waals surface area contributed by atoms with Gasteiger partial charge < -0.3 is 15.4 Å². The molecule has 1 aliphatic heterocycles. The van der Waals surface area contributed by atoms with Gasteiger partial charge in [0.1, 0.15) is 5.02 Å². The van der Waals surface area contributed by atoms with Crippen molar-refractivity contribution in [3.8, 4) is 0 Å². The summed E-state index contributed by atoms with van der Waals surface area (Å²) in [7, 11) is 1.76. The lowest BCUT2D eigenvalue weighted by Crippen LogP contribution is -2.37.